The minimum atomic E-state index is -0.672. The number of para-hydroxylation sites is 1. The van der Waals surface area contributed by atoms with Crippen LogP contribution in [-0.4, -0.2) is 37.5 Å². The average Bonchev–Trinajstić information content (AvgIpc) is 2.66. The van der Waals surface area contributed by atoms with Gasteiger partial charge in [-0.15, -0.1) is 0 Å². The van der Waals surface area contributed by atoms with Gasteiger partial charge in [0.25, 0.3) is 5.91 Å². The van der Waals surface area contributed by atoms with Gasteiger partial charge in [-0.05, 0) is 44.0 Å². The maximum atomic E-state index is 12.1. The number of nitrogens with one attached hydrogen (secondary N) is 2. The fraction of sp³-hybridized carbons (Fsp3) is 0.286. The second-order valence-electron chi connectivity index (χ2n) is 6.36. The van der Waals surface area contributed by atoms with Crippen molar-refractivity contribution in [1.82, 2.24) is 5.32 Å². The molecule has 2 aromatic carbocycles. The van der Waals surface area contributed by atoms with Crippen molar-refractivity contribution in [1.29, 1.82) is 0 Å². The van der Waals surface area contributed by atoms with Gasteiger partial charge in [-0.2, -0.15) is 0 Å². The molecule has 0 saturated carbocycles. The zero-order chi connectivity index (χ0) is 20.5. The third-order valence-corrected chi connectivity index (χ3v) is 3.85. The van der Waals surface area contributed by atoms with E-state index in [1.807, 2.05) is 39.0 Å². The van der Waals surface area contributed by atoms with E-state index in [9.17, 15) is 14.4 Å². The van der Waals surface area contributed by atoms with Crippen molar-refractivity contribution < 1.29 is 23.9 Å². The molecule has 2 rings (SSSR count). The van der Waals surface area contributed by atoms with E-state index in [1.165, 1.54) is 0 Å². The molecule has 2 amide bonds. The van der Waals surface area contributed by atoms with E-state index >= 15 is 0 Å². The Bertz CT molecular complexity index is 826. The summed E-state index contributed by atoms with van der Waals surface area (Å²) in [7, 11) is 0. The van der Waals surface area contributed by atoms with Crippen molar-refractivity contribution in [3.8, 4) is 5.75 Å². The molecule has 7 heteroatoms. The maximum absolute atomic E-state index is 12.1. The molecule has 0 radical (unpaired) electrons. The van der Waals surface area contributed by atoms with Gasteiger partial charge in [0.2, 0.25) is 5.91 Å². The minimum absolute atomic E-state index is 0.219. The van der Waals surface area contributed by atoms with Gasteiger partial charge < -0.3 is 20.1 Å². The van der Waals surface area contributed by atoms with Gasteiger partial charge >= 0.3 is 5.97 Å². The Morgan fingerprint density at radius 3 is 2.18 bits per heavy atom. The predicted octanol–water partition coefficient (Wildman–Crippen LogP) is 2.29. The first-order valence-corrected chi connectivity index (χ1v) is 8.83. The Kier molecular flexibility index (Phi) is 7.56. The Balaban J connectivity index is 1.69. The molecule has 0 aliphatic carbocycles. The lowest BCUT2D eigenvalue weighted by atomic mass is 10.1. The van der Waals surface area contributed by atoms with Crippen LogP contribution in [0.4, 0.5) is 5.69 Å². The quantitative estimate of drug-likeness (QED) is 0.681. The SMILES string of the molecule is Cc1cc(C)c(NC(=O)CNC(=O)COC(=O)COc2ccccc2)c(C)c1. The van der Waals surface area contributed by atoms with E-state index in [-0.39, 0.29) is 19.1 Å². The van der Waals surface area contributed by atoms with E-state index in [0.717, 1.165) is 22.4 Å². The van der Waals surface area contributed by atoms with Crippen molar-refractivity contribution >= 4 is 23.5 Å². The van der Waals surface area contributed by atoms with Crippen LogP contribution >= 0.6 is 0 Å². The summed E-state index contributed by atoms with van der Waals surface area (Å²) in [6.45, 7) is 4.80. The summed E-state index contributed by atoms with van der Waals surface area (Å²) in [4.78, 5) is 35.4. The molecule has 0 fully saturated rings. The highest BCUT2D eigenvalue weighted by Gasteiger charge is 2.12. The van der Waals surface area contributed by atoms with Crippen LogP contribution in [0.25, 0.3) is 0 Å². The number of anilines is 1. The predicted molar refractivity (Wildman–Crippen MR) is 105 cm³/mol. The van der Waals surface area contributed by atoms with Crippen LogP contribution in [0.15, 0.2) is 42.5 Å². The minimum Gasteiger partial charge on any atom is -0.482 e. The molecule has 2 aromatic rings. The van der Waals surface area contributed by atoms with E-state index in [4.69, 9.17) is 9.47 Å². The lowest BCUT2D eigenvalue weighted by Gasteiger charge is -2.13. The Hall–Kier alpha value is -3.35. The summed E-state index contributed by atoms with van der Waals surface area (Å²) in [5.74, 6) is -1.07. The number of aryl methyl sites for hydroxylation is 3. The van der Waals surface area contributed by atoms with Gasteiger partial charge in [-0.25, -0.2) is 4.79 Å². The molecule has 0 bridgehead atoms. The molecule has 0 saturated heterocycles. The molecule has 0 atom stereocenters. The zero-order valence-corrected chi connectivity index (χ0v) is 16.2. The van der Waals surface area contributed by atoms with Crippen molar-refractivity contribution in [2.24, 2.45) is 0 Å². The Morgan fingerprint density at radius 1 is 0.893 bits per heavy atom. The first-order chi connectivity index (χ1) is 13.3. The Labute approximate surface area is 164 Å². The molecule has 0 aromatic heterocycles. The number of esters is 1. The van der Waals surface area contributed by atoms with E-state index in [0.29, 0.717) is 5.75 Å². The lowest BCUT2D eigenvalue weighted by molar-refractivity contribution is -0.150. The van der Waals surface area contributed by atoms with Gasteiger partial charge in [-0.3, -0.25) is 9.59 Å². The van der Waals surface area contributed by atoms with Crippen LogP contribution in [0.5, 0.6) is 5.75 Å². The van der Waals surface area contributed by atoms with Crippen LogP contribution in [0.2, 0.25) is 0 Å². The third kappa shape index (κ3) is 6.75. The van der Waals surface area contributed by atoms with Crippen molar-refractivity contribution in [2.45, 2.75) is 20.8 Å². The molecule has 0 spiro atoms. The van der Waals surface area contributed by atoms with E-state index < -0.39 is 18.5 Å². The van der Waals surface area contributed by atoms with E-state index in [1.54, 1.807) is 24.3 Å². The van der Waals surface area contributed by atoms with Crippen LogP contribution in [0.1, 0.15) is 16.7 Å². The van der Waals surface area contributed by atoms with Gasteiger partial charge in [0.05, 0.1) is 6.54 Å². The van der Waals surface area contributed by atoms with Gasteiger partial charge in [0, 0.05) is 5.69 Å². The number of carbonyl (C=O) groups is 3. The van der Waals surface area contributed by atoms with Crippen LogP contribution < -0.4 is 15.4 Å². The highest BCUT2D eigenvalue weighted by Crippen LogP contribution is 2.21. The number of amides is 2. The summed E-state index contributed by atoms with van der Waals surface area (Å²) in [5, 5.41) is 5.20. The molecule has 28 heavy (non-hydrogen) atoms. The number of hydrogen-bond acceptors (Lipinski definition) is 5. The molecule has 0 aliphatic rings. The van der Waals surface area contributed by atoms with Crippen molar-refractivity contribution in [2.75, 3.05) is 25.1 Å². The highest BCUT2D eigenvalue weighted by molar-refractivity contribution is 5.96. The standard InChI is InChI=1S/C21H24N2O5/c1-14-9-15(2)21(16(3)10-14)23-18(24)11-22-19(25)12-28-20(26)13-27-17-7-5-4-6-8-17/h4-10H,11-13H2,1-3H3,(H,22,25)(H,23,24). The van der Waals surface area contributed by atoms with Gasteiger partial charge in [-0.1, -0.05) is 35.9 Å². The highest BCUT2D eigenvalue weighted by atomic mass is 16.6. The molecule has 0 unspecified atom stereocenters. The normalized spacial score (nSPS) is 10.1. The fourth-order valence-corrected chi connectivity index (χ4v) is 2.64. The zero-order valence-electron chi connectivity index (χ0n) is 16.2. The topological polar surface area (TPSA) is 93.7 Å². The third-order valence-electron chi connectivity index (χ3n) is 3.85. The number of carbonyl (C=O) groups excluding carboxylic acids is 3. The smallest absolute Gasteiger partial charge is 0.344 e. The number of ether oxygens (including phenoxy) is 2. The number of rotatable bonds is 8. The monoisotopic (exact) mass is 384 g/mol. The average molecular weight is 384 g/mol. The summed E-state index contributed by atoms with van der Waals surface area (Å²) in [6.07, 6.45) is 0. The molecule has 0 aliphatic heterocycles. The molecule has 148 valence electrons. The summed E-state index contributed by atoms with van der Waals surface area (Å²) < 4.78 is 10.0. The summed E-state index contributed by atoms with van der Waals surface area (Å²) in [5.41, 5.74) is 3.74. The summed E-state index contributed by atoms with van der Waals surface area (Å²) in [6, 6.07) is 12.7. The second-order valence-corrected chi connectivity index (χ2v) is 6.36. The van der Waals surface area contributed by atoms with E-state index in [2.05, 4.69) is 10.6 Å². The maximum Gasteiger partial charge on any atom is 0.344 e. The summed E-state index contributed by atoms with van der Waals surface area (Å²) >= 11 is 0. The molecule has 2 N–H and O–H groups in total. The van der Waals surface area contributed by atoms with Crippen LogP contribution in [0.3, 0.4) is 0 Å². The fourth-order valence-electron chi connectivity index (χ4n) is 2.64. The van der Waals surface area contributed by atoms with Gasteiger partial charge in [0.15, 0.2) is 13.2 Å². The molecular weight excluding hydrogens is 360 g/mol. The van der Waals surface area contributed by atoms with Crippen LogP contribution in [-0.2, 0) is 19.1 Å². The van der Waals surface area contributed by atoms with Crippen molar-refractivity contribution in [3.05, 3.63) is 59.2 Å². The Morgan fingerprint density at radius 2 is 1.54 bits per heavy atom. The van der Waals surface area contributed by atoms with Gasteiger partial charge in [0.1, 0.15) is 5.75 Å². The number of benzene rings is 2. The first-order valence-electron chi connectivity index (χ1n) is 8.83. The first kappa shape index (κ1) is 21.0. The largest absolute Gasteiger partial charge is 0.482 e. The molecule has 7 nitrogen and oxygen atoms in total. The van der Waals surface area contributed by atoms with Crippen LogP contribution in [0, 0.1) is 20.8 Å². The number of hydrogen-bond donors (Lipinski definition) is 2. The second kappa shape index (κ2) is 10.1. The lowest BCUT2D eigenvalue weighted by Crippen LogP contribution is -2.36. The molecular formula is C21H24N2O5. The molecule has 0 heterocycles. The van der Waals surface area contributed by atoms with Crippen molar-refractivity contribution in [3.63, 3.8) is 0 Å².